The van der Waals surface area contributed by atoms with E-state index in [-0.39, 0.29) is 0 Å². The number of hydrogen-bond acceptors (Lipinski definition) is 4. The number of rotatable bonds is 5. The average Bonchev–Trinajstić information content (AvgIpc) is 3.05. The molecule has 0 unspecified atom stereocenters. The minimum atomic E-state index is 0.571. The van der Waals surface area contributed by atoms with E-state index < -0.39 is 0 Å². The second-order valence-electron chi connectivity index (χ2n) is 3.86. The van der Waals surface area contributed by atoms with Crippen molar-refractivity contribution in [1.29, 1.82) is 0 Å². The largest absolute Gasteiger partial charge is 0.384 e. The van der Waals surface area contributed by atoms with E-state index in [1.54, 1.807) is 7.11 Å². The second-order valence-corrected chi connectivity index (χ2v) is 3.86. The van der Waals surface area contributed by atoms with E-state index in [9.17, 15) is 0 Å². The third-order valence-electron chi connectivity index (χ3n) is 2.63. The lowest BCUT2D eigenvalue weighted by atomic mass is 10.3. The van der Waals surface area contributed by atoms with Crippen molar-refractivity contribution in [1.82, 2.24) is 4.98 Å². The van der Waals surface area contributed by atoms with E-state index in [1.807, 2.05) is 18.3 Å². The highest BCUT2D eigenvalue weighted by atomic mass is 16.5. The molecule has 0 bridgehead atoms. The van der Waals surface area contributed by atoms with Gasteiger partial charge in [0.05, 0.1) is 18.5 Å². The molecule has 82 valence electrons. The SMILES string of the molecule is COCCN(c1ccc(N)nc1)C1CC1. The molecular weight excluding hydrogens is 190 g/mol. The molecule has 1 saturated carbocycles. The molecule has 1 aliphatic rings. The van der Waals surface area contributed by atoms with Crippen LogP contribution in [-0.4, -0.2) is 31.3 Å². The highest BCUT2D eigenvalue weighted by Gasteiger charge is 2.28. The van der Waals surface area contributed by atoms with Gasteiger partial charge in [-0.3, -0.25) is 0 Å². The Hall–Kier alpha value is -1.29. The summed E-state index contributed by atoms with van der Waals surface area (Å²) in [5.41, 5.74) is 6.71. The van der Waals surface area contributed by atoms with E-state index in [1.165, 1.54) is 12.8 Å². The molecule has 2 N–H and O–H groups in total. The van der Waals surface area contributed by atoms with Gasteiger partial charge in [-0.25, -0.2) is 4.98 Å². The fourth-order valence-electron chi connectivity index (χ4n) is 1.67. The molecule has 1 fully saturated rings. The zero-order chi connectivity index (χ0) is 10.7. The molecule has 4 heteroatoms. The van der Waals surface area contributed by atoms with Crippen molar-refractivity contribution in [3.05, 3.63) is 18.3 Å². The normalized spacial score (nSPS) is 15.3. The maximum Gasteiger partial charge on any atom is 0.123 e. The summed E-state index contributed by atoms with van der Waals surface area (Å²) in [5.74, 6) is 0.571. The lowest BCUT2D eigenvalue weighted by Gasteiger charge is -2.23. The number of ether oxygens (including phenoxy) is 1. The van der Waals surface area contributed by atoms with Crippen molar-refractivity contribution in [2.45, 2.75) is 18.9 Å². The number of aromatic nitrogens is 1. The first-order chi connectivity index (χ1) is 7.31. The molecule has 1 aromatic heterocycles. The maximum absolute atomic E-state index is 5.56. The van der Waals surface area contributed by atoms with Crippen molar-refractivity contribution < 1.29 is 4.74 Å². The van der Waals surface area contributed by atoms with Gasteiger partial charge in [0.25, 0.3) is 0 Å². The van der Waals surface area contributed by atoms with Gasteiger partial charge in [-0.15, -0.1) is 0 Å². The van der Waals surface area contributed by atoms with Crippen molar-refractivity contribution in [2.24, 2.45) is 0 Å². The number of pyridine rings is 1. The van der Waals surface area contributed by atoms with Crippen LogP contribution in [0.2, 0.25) is 0 Å². The molecule has 0 aliphatic heterocycles. The third-order valence-corrected chi connectivity index (χ3v) is 2.63. The van der Waals surface area contributed by atoms with Crippen LogP contribution in [0.1, 0.15) is 12.8 Å². The molecule has 1 aromatic rings. The average molecular weight is 207 g/mol. The van der Waals surface area contributed by atoms with Gasteiger partial charge in [0.2, 0.25) is 0 Å². The molecule has 0 spiro atoms. The third kappa shape index (κ3) is 2.59. The van der Waals surface area contributed by atoms with Crippen LogP contribution in [-0.2, 0) is 4.74 Å². The Balaban J connectivity index is 2.06. The molecular formula is C11H17N3O. The van der Waals surface area contributed by atoms with Gasteiger partial charge in [0, 0.05) is 19.7 Å². The molecule has 4 nitrogen and oxygen atoms in total. The monoisotopic (exact) mass is 207 g/mol. The quantitative estimate of drug-likeness (QED) is 0.790. The van der Waals surface area contributed by atoms with Crippen LogP contribution >= 0.6 is 0 Å². The molecule has 2 rings (SSSR count). The number of nitrogen functional groups attached to an aromatic ring is 1. The van der Waals surface area contributed by atoms with Crippen LogP contribution in [0.5, 0.6) is 0 Å². The Morgan fingerprint density at radius 2 is 2.33 bits per heavy atom. The summed E-state index contributed by atoms with van der Waals surface area (Å²) < 4.78 is 5.11. The fraction of sp³-hybridized carbons (Fsp3) is 0.545. The molecule has 0 saturated heterocycles. The van der Waals surface area contributed by atoms with E-state index >= 15 is 0 Å². The minimum absolute atomic E-state index is 0.571. The van der Waals surface area contributed by atoms with Gasteiger partial charge in [0.15, 0.2) is 0 Å². The predicted octanol–water partition coefficient (Wildman–Crippen LogP) is 1.28. The van der Waals surface area contributed by atoms with Gasteiger partial charge in [-0.2, -0.15) is 0 Å². The first kappa shape index (κ1) is 10.2. The fourth-order valence-corrected chi connectivity index (χ4v) is 1.67. The zero-order valence-electron chi connectivity index (χ0n) is 9.02. The van der Waals surface area contributed by atoms with Crippen LogP contribution in [0.25, 0.3) is 0 Å². The van der Waals surface area contributed by atoms with Crippen molar-refractivity contribution in [2.75, 3.05) is 30.9 Å². The standard InChI is InChI=1S/C11H17N3O/c1-15-7-6-14(9-2-3-9)10-4-5-11(12)13-8-10/h4-5,8-9H,2-3,6-7H2,1H3,(H2,12,13). The lowest BCUT2D eigenvalue weighted by molar-refractivity contribution is 0.205. The molecule has 0 atom stereocenters. The smallest absolute Gasteiger partial charge is 0.123 e. The van der Waals surface area contributed by atoms with E-state index in [4.69, 9.17) is 10.5 Å². The van der Waals surface area contributed by atoms with Crippen LogP contribution in [0.15, 0.2) is 18.3 Å². The highest BCUT2D eigenvalue weighted by Crippen LogP contribution is 2.31. The lowest BCUT2D eigenvalue weighted by Crippen LogP contribution is -2.29. The number of nitrogens with two attached hydrogens (primary N) is 1. The van der Waals surface area contributed by atoms with E-state index in [0.717, 1.165) is 18.8 Å². The van der Waals surface area contributed by atoms with Gasteiger partial charge in [-0.1, -0.05) is 0 Å². The zero-order valence-corrected chi connectivity index (χ0v) is 9.02. The van der Waals surface area contributed by atoms with Crippen LogP contribution < -0.4 is 10.6 Å². The van der Waals surface area contributed by atoms with Crippen molar-refractivity contribution in [3.63, 3.8) is 0 Å². The van der Waals surface area contributed by atoms with E-state index in [0.29, 0.717) is 11.9 Å². The van der Waals surface area contributed by atoms with Gasteiger partial charge >= 0.3 is 0 Å². The van der Waals surface area contributed by atoms with E-state index in [2.05, 4.69) is 9.88 Å². The summed E-state index contributed by atoms with van der Waals surface area (Å²) >= 11 is 0. The summed E-state index contributed by atoms with van der Waals surface area (Å²) in [5, 5.41) is 0. The Bertz CT molecular complexity index is 308. The van der Waals surface area contributed by atoms with Crippen LogP contribution in [0.3, 0.4) is 0 Å². The minimum Gasteiger partial charge on any atom is -0.384 e. The predicted molar refractivity (Wildman–Crippen MR) is 60.9 cm³/mol. The van der Waals surface area contributed by atoms with Gasteiger partial charge in [0.1, 0.15) is 5.82 Å². The molecule has 0 amide bonds. The van der Waals surface area contributed by atoms with Gasteiger partial charge < -0.3 is 15.4 Å². The molecule has 1 heterocycles. The topological polar surface area (TPSA) is 51.4 Å². The van der Waals surface area contributed by atoms with Crippen LogP contribution in [0, 0.1) is 0 Å². The first-order valence-corrected chi connectivity index (χ1v) is 5.28. The second kappa shape index (κ2) is 4.49. The summed E-state index contributed by atoms with van der Waals surface area (Å²) in [6.07, 6.45) is 4.38. The summed E-state index contributed by atoms with van der Waals surface area (Å²) in [6, 6.07) is 4.54. The number of methoxy groups -OCH3 is 1. The molecule has 0 radical (unpaired) electrons. The molecule has 1 aliphatic carbocycles. The molecule has 15 heavy (non-hydrogen) atoms. The summed E-state index contributed by atoms with van der Waals surface area (Å²) in [4.78, 5) is 6.46. The number of nitrogens with zero attached hydrogens (tertiary/aromatic N) is 2. The number of hydrogen-bond donors (Lipinski definition) is 1. The Morgan fingerprint density at radius 3 is 2.87 bits per heavy atom. The molecule has 0 aromatic carbocycles. The Morgan fingerprint density at radius 1 is 1.53 bits per heavy atom. The van der Waals surface area contributed by atoms with Gasteiger partial charge in [-0.05, 0) is 25.0 Å². The summed E-state index contributed by atoms with van der Waals surface area (Å²) in [6.45, 7) is 1.67. The maximum atomic E-state index is 5.56. The Kier molecular flexibility index (Phi) is 3.06. The highest BCUT2D eigenvalue weighted by molar-refractivity contribution is 5.49. The Labute approximate surface area is 90.0 Å². The number of anilines is 2. The summed E-state index contributed by atoms with van der Waals surface area (Å²) in [7, 11) is 1.73. The van der Waals surface area contributed by atoms with Crippen LogP contribution in [0.4, 0.5) is 11.5 Å². The van der Waals surface area contributed by atoms with Crippen molar-refractivity contribution >= 4 is 11.5 Å². The van der Waals surface area contributed by atoms with Crippen molar-refractivity contribution in [3.8, 4) is 0 Å². The first-order valence-electron chi connectivity index (χ1n) is 5.28.